The molecule has 0 aliphatic carbocycles. The average Bonchev–Trinajstić information content (AvgIpc) is 3.18. The maximum atomic E-state index is 12.3. The zero-order valence-corrected chi connectivity index (χ0v) is 12.8. The number of thiophene rings is 1. The van der Waals surface area contributed by atoms with Crippen LogP contribution in [-0.4, -0.2) is 39.7 Å². The molecular formula is C14H15N5O2S. The Kier molecular flexibility index (Phi) is 4.01. The summed E-state index contributed by atoms with van der Waals surface area (Å²) in [4.78, 5) is 25.9. The molecule has 0 radical (unpaired) electrons. The van der Waals surface area contributed by atoms with Gasteiger partial charge in [0.25, 0.3) is 5.91 Å². The van der Waals surface area contributed by atoms with E-state index in [1.807, 2.05) is 23.6 Å². The summed E-state index contributed by atoms with van der Waals surface area (Å²) in [5.41, 5.74) is 4.43. The van der Waals surface area contributed by atoms with Gasteiger partial charge in [-0.2, -0.15) is 10.2 Å². The molecule has 0 bridgehead atoms. The molecule has 7 nitrogen and oxygen atoms in total. The fourth-order valence-electron chi connectivity index (χ4n) is 2.17. The molecule has 0 atom stereocenters. The molecule has 1 aliphatic heterocycles. The number of aromatic nitrogens is 2. The van der Waals surface area contributed by atoms with E-state index in [2.05, 4.69) is 20.7 Å². The van der Waals surface area contributed by atoms with E-state index in [1.54, 1.807) is 23.3 Å². The van der Waals surface area contributed by atoms with Crippen LogP contribution < -0.4 is 5.43 Å². The molecule has 0 aromatic carbocycles. The second-order valence-corrected chi connectivity index (χ2v) is 5.96. The van der Waals surface area contributed by atoms with Gasteiger partial charge in [0.05, 0.1) is 17.1 Å². The van der Waals surface area contributed by atoms with E-state index >= 15 is 0 Å². The van der Waals surface area contributed by atoms with Crippen molar-refractivity contribution in [2.75, 3.05) is 7.05 Å². The van der Waals surface area contributed by atoms with Gasteiger partial charge < -0.3 is 4.90 Å². The summed E-state index contributed by atoms with van der Waals surface area (Å²) < 4.78 is 0. The highest BCUT2D eigenvalue weighted by atomic mass is 32.1. The number of rotatable bonds is 4. The lowest BCUT2D eigenvalue weighted by Gasteiger charge is -2.19. The Balaban J connectivity index is 1.65. The highest BCUT2D eigenvalue weighted by molar-refractivity contribution is 7.13. The minimum Gasteiger partial charge on any atom is -0.335 e. The zero-order valence-electron chi connectivity index (χ0n) is 12.0. The van der Waals surface area contributed by atoms with Gasteiger partial charge in [-0.15, -0.1) is 11.3 Å². The Bertz CT molecular complexity index is 719. The van der Waals surface area contributed by atoms with Crippen molar-refractivity contribution in [3.63, 3.8) is 0 Å². The number of amides is 2. The van der Waals surface area contributed by atoms with Crippen LogP contribution >= 0.6 is 11.3 Å². The highest BCUT2D eigenvalue weighted by Crippen LogP contribution is 2.23. The molecule has 8 heteroatoms. The molecule has 3 rings (SSSR count). The fraction of sp³-hybridized carbons (Fsp3) is 0.286. The Morgan fingerprint density at radius 2 is 2.32 bits per heavy atom. The van der Waals surface area contributed by atoms with Crippen molar-refractivity contribution >= 4 is 28.9 Å². The SMILES string of the molecule is CN(Cc1cc(-c2cccs2)n[nH]1)C(=O)C1=NNC(=O)CC1. The average molecular weight is 317 g/mol. The topological polar surface area (TPSA) is 90.4 Å². The van der Waals surface area contributed by atoms with Crippen LogP contribution in [0, 0.1) is 0 Å². The third-order valence-corrected chi connectivity index (χ3v) is 4.20. The van der Waals surface area contributed by atoms with Crippen LogP contribution in [0.4, 0.5) is 0 Å². The van der Waals surface area contributed by atoms with E-state index in [0.29, 0.717) is 25.1 Å². The standard InChI is InChI=1S/C14H15N5O2S/c1-19(14(21)10-4-5-13(20)18-16-10)8-9-7-11(17-15-9)12-3-2-6-22-12/h2-3,6-7H,4-5,8H2,1H3,(H,15,17)(H,18,20). The van der Waals surface area contributed by atoms with E-state index in [9.17, 15) is 9.59 Å². The fourth-order valence-corrected chi connectivity index (χ4v) is 2.86. The van der Waals surface area contributed by atoms with Gasteiger partial charge in [-0.3, -0.25) is 14.7 Å². The molecule has 0 unspecified atom stereocenters. The zero-order chi connectivity index (χ0) is 15.5. The van der Waals surface area contributed by atoms with Crippen molar-refractivity contribution in [3.05, 3.63) is 29.3 Å². The van der Waals surface area contributed by atoms with Crippen LogP contribution in [-0.2, 0) is 16.1 Å². The molecule has 2 aromatic heterocycles. The highest BCUT2D eigenvalue weighted by Gasteiger charge is 2.21. The van der Waals surface area contributed by atoms with Crippen LogP contribution in [0.25, 0.3) is 10.6 Å². The lowest BCUT2D eigenvalue weighted by atomic mass is 10.1. The van der Waals surface area contributed by atoms with Crippen molar-refractivity contribution in [1.29, 1.82) is 0 Å². The maximum absolute atomic E-state index is 12.3. The molecule has 114 valence electrons. The first kappa shape index (κ1) is 14.5. The molecule has 0 saturated carbocycles. The van der Waals surface area contributed by atoms with Crippen LogP contribution in [0.3, 0.4) is 0 Å². The third-order valence-electron chi connectivity index (χ3n) is 3.31. The van der Waals surface area contributed by atoms with Gasteiger partial charge in [0.2, 0.25) is 5.91 Å². The number of nitrogens with one attached hydrogen (secondary N) is 2. The summed E-state index contributed by atoms with van der Waals surface area (Å²) in [7, 11) is 1.70. The first-order chi connectivity index (χ1) is 10.6. The van der Waals surface area contributed by atoms with Crippen molar-refractivity contribution in [1.82, 2.24) is 20.5 Å². The lowest BCUT2D eigenvalue weighted by Crippen LogP contribution is -2.37. The van der Waals surface area contributed by atoms with Crippen LogP contribution in [0.15, 0.2) is 28.7 Å². The van der Waals surface area contributed by atoms with E-state index in [-0.39, 0.29) is 11.8 Å². The quantitative estimate of drug-likeness (QED) is 0.892. The maximum Gasteiger partial charge on any atom is 0.270 e. The summed E-state index contributed by atoms with van der Waals surface area (Å²) in [5, 5.41) is 13.0. The Morgan fingerprint density at radius 1 is 1.45 bits per heavy atom. The largest absolute Gasteiger partial charge is 0.335 e. The molecule has 2 N–H and O–H groups in total. The Hall–Kier alpha value is -2.48. The Morgan fingerprint density at radius 3 is 3.00 bits per heavy atom. The molecular weight excluding hydrogens is 302 g/mol. The van der Waals surface area contributed by atoms with Crippen LogP contribution in [0.1, 0.15) is 18.5 Å². The minimum atomic E-state index is -0.188. The number of hydrazone groups is 1. The summed E-state index contributed by atoms with van der Waals surface area (Å²) >= 11 is 1.62. The number of carbonyl (C=O) groups excluding carboxylic acids is 2. The van der Waals surface area contributed by atoms with Crippen molar-refractivity contribution < 1.29 is 9.59 Å². The molecule has 0 saturated heterocycles. The van der Waals surface area contributed by atoms with E-state index in [1.165, 1.54) is 0 Å². The smallest absolute Gasteiger partial charge is 0.270 e. The molecule has 0 spiro atoms. The van der Waals surface area contributed by atoms with Crippen molar-refractivity contribution in [2.24, 2.45) is 5.10 Å². The van der Waals surface area contributed by atoms with Gasteiger partial charge in [0, 0.05) is 19.9 Å². The molecule has 22 heavy (non-hydrogen) atoms. The Labute approximate surface area is 131 Å². The van der Waals surface area contributed by atoms with E-state index < -0.39 is 0 Å². The molecule has 3 heterocycles. The van der Waals surface area contributed by atoms with Gasteiger partial charge in [-0.05, 0) is 17.5 Å². The predicted octanol–water partition coefficient (Wildman–Crippen LogP) is 1.36. The normalized spacial score (nSPS) is 14.4. The van der Waals surface area contributed by atoms with Gasteiger partial charge in [-0.25, -0.2) is 5.43 Å². The molecule has 2 aromatic rings. The number of nitrogens with zero attached hydrogens (tertiary/aromatic N) is 3. The van der Waals surface area contributed by atoms with Gasteiger partial charge >= 0.3 is 0 Å². The number of H-pyrrole nitrogens is 1. The first-order valence-electron chi connectivity index (χ1n) is 6.82. The summed E-state index contributed by atoms with van der Waals surface area (Å²) in [6.45, 7) is 0.407. The molecule has 1 aliphatic rings. The molecule has 2 amide bonds. The monoisotopic (exact) mass is 317 g/mol. The van der Waals surface area contributed by atoms with E-state index in [0.717, 1.165) is 16.3 Å². The summed E-state index contributed by atoms with van der Waals surface area (Å²) in [5.74, 6) is -0.347. The van der Waals surface area contributed by atoms with Gasteiger partial charge in [0.1, 0.15) is 11.4 Å². The van der Waals surface area contributed by atoms with E-state index in [4.69, 9.17) is 0 Å². The third kappa shape index (κ3) is 3.06. The number of carbonyl (C=O) groups is 2. The van der Waals surface area contributed by atoms with Crippen molar-refractivity contribution in [2.45, 2.75) is 19.4 Å². The molecule has 0 fully saturated rings. The number of hydrogen-bond donors (Lipinski definition) is 2. The van der Waals surface area contributed by atoms with Gasteiger partial charge in [-0.1, -0.05) is 6.07 Å². The number of hydrogen-bond acceptors (Lipinski definition) is 5. The van der Waals surface area contributed by atoms with Crippen LogP contribution in [0.2, 0.25) is 0 Å². The second kappa shape index (κ2) is 6.10. The van der Waals surface area contributed by atoms with Crippen molar-refractivity contribution in [3.8, 4) is 10.6 Å². The second-order valence-electron chi connectivity index (χ2n) is 5.01. The minimum absolute atomic E-state index is 0.159. The summed E-state index contributed by atoms with van der Waals surface area (Å²) in [6, 6.07) is 5.90. The van der Waals surface area contributed by atoms with Gasteiger partial charge in [0.15, 0.2) is 0 Å². The first-order valence-corrected chi connectivity index (χ1v) is 7.70. The predicted molar refractivity (Wildman–Crippen MR) is 83.2 cm³/mol. The summed E-state index contributed by atoms with van der Waals surface area (Å²) in [6.07, 6.45) is 0.670. The lowest BCUT2D eigenvalue weighted by molar-refractivity contribution is -0.124. The van der Waals surface area contributed by atoms with Crippen LogP contribution in [0.5, 0.6) is 0 Å². The number of aromatic amines is 1.